The molecule has 0 saturated heterocycles. The molecule has 0 radical (unpaired) electrons. The van der Waals surface area contributed by atoms with Gasteiger partial charge in [-0.15, -0.1) is 0 Å². The second kappa shape index (κ2) is 6.42. The summed E-state index contributed by atoms with van der Waals surface area (Å²) in [5.41, 5.74) is 3.84. The number of hydrogen-bond donors (Lipinski definition) is 1. The molecule has 0 spiro atoms. The summed E-state index contributed by atoms with van der Waals surface area (Å²) in [7, 11) is 0. The minimum absolute atomic E-state index is 0.441. The van der Waals surface area contributed by atoms with Crippen LogP contribution in [0.2, 0.25) is 5.02 Å². The summed E-state index contributed by atoms with van der Waals surface area (Å²) in [6, 6.07) is 4.75. The molecule has 2 heteroatoms. The highest BCUT2D eigenvalue weighted by molar-refractivity contribution is 6.31. The SMILES string of the molecule is CCNC(CC(C)C)c1cc(C)c(Cl)cc1C. The maximum Gasteiger partial charge on any atom is 0.0438 e. The third-order valence-electron chi connectivity index (χ3n) is 3.08. The second-order valence-electron chi connectivity index (χ2n) is 5.20. The molecule has 1 rings (SSSR count). The van der Waals surface area contributed by atoms with Gasteiger partial charge in [0.05, 0.1) is 0 Å². The Bertz CT molecular complexity index is 371. The molecule has 0 aliphatic rings. The van der Waals surface area contributed by atoms with Gasteiger partial charge >= 0.3 is 0 Å². The predicted octanol–water partition coefficient (Wildman–Crippen LogP) is 4.65. The first kappa shape index (κ1) is 14.5. The molecule has 0 saturated carbocycles. The number of halogens is 1. The van der Waals surface area contributed by atoms with Gasteiger partial charge in [0.25, 0.3) is 0 Å². The summed E-state index contributed by atoms with van der Waals surface area (Å²) < 4.78 is 0. The van der Waals surface area contributed by atoms with Crippen LogP contribution in [-0.4, -0.2) is 6.54 Å². The van der Waals surface area contributed by atoms with Gasteiger partial charge in [0, 0.05) is 11.1 Å². The third kappa shape index (κ3) is 4.01. The molecule has 1 atom stereocenters. The van der Waals surface area contributed by atoms with Gasteiger partial charge in [0.2, 0.25) is 0 Å². The van der Waals surface area contributed by atoms with Crippen LogP contribution in [0.1, 0.15) is 49.9 Å². The summed E-state index contributed by atoms with van der Waals surface area (Å²) in [6.07, 6.45) is 1.16. The molecule has 17 heavy (non-hydrogen) atoms. The van der Waals surface area contributed by atoms with Crippen LogP contribution in [0.5, 0.6) is 0 Å². The first-order valence-corrected chi connectivity index (χ1v) is 6.83. The largest absolute Gasteiger partial charge is 0.310 e. The fraction of sp³-hybridized carbons (Fsp3) is 0.600. The molecule has 0 aromatic heterocycles. The van der Waals surface area contributed by atoms with E-state index in [1.54, 1.807) is 0 Å². The number of aryl methyl sites for hydroxylation is 2. The molecule has 1 aromatic carbocycles. The lowest BCUT2D eigenvalue weighted by Gasteiger charge is -2.23. The highest BCUT2D eigenvalue weighted by Gasteiger charge is 2.15. The van der Waals surface area contributed by atoms with Gasteiger partial charge < -0.3 is 5.32 Å². The standard InChI is InChI=1S/C15H24ClN/c1-6-17-15(7-10(2)3)13-8-12(5)14(16)9-11(13)4/h8-10,15,17H,6-7H2,1-5H3. The highest BCUT2D eigenvalue weighted by Crippen LogP contribution is 2.28. The van der Waals surface area contributed by atoms with Crippen molar-refractivity contribution in [3.8, 4) is 0 Å². The molecule has 0 aliphatic carbocycles. The molecule has 1 aromatic rings. The van der Waals surface area contributed by atoms with Crippen LogP contribution in [-0.2, 0) is 0 Å². The lowest BCUT2D eigenvalue weighted by Crippen LogP contribution is -2.23. The summed E-state index contributed by atoms with van der Waals surface area (Å²) in [5.74, 6) is 0.689. The van der Waals surface area contributed by atoms with Gasteiger partial charge in [0.1, 0.15) is 0 Å². The van der Waals surface area contributed by atoms with Crippen LogP contribution in [0, 0.1) is 19.8 Å². The summed E-state index contributed by atoms with van der Waals surface area (Å²) in [4.78, 5) is 0. The van der Waals surface area contributed by atoms with Gasteiger partial charge in [-0.3, -0.25) is 0 Å². The Labute approximate surface area is 111 Å². The van der Waals surface area contributed by atoms with Gasteiger partial charge in [0.15, 0.2) is 0 Å². The van der Waals surface area contributed by atoms with Crippen molar-refractivity contribution >= 4 is 11.6 Å². The Morgan fingerprint density at radius 2 is 1.82 bits per heavy atom. The molecule has 1 N–H and O–H groups in total. The van der Waals surface area contributed by atoms with Crippen molar-refractivity contribution in [2.75, 3.05) is 6.54 Å². The quantitative estimate of drug-likeness (QED) is 0.805. The third-order valence-corrected chi connectivity index (χ3v) is 3.49. The molecule has 1 nitrogen and oxygen atoms in total. The molecule has 0 amide bonds. The van der Waals surface area contributed by atoms with Crippen molar-refractivity contribution < 1.29 is 0 Å². The Morgan fingerprint density at radius 3 is 2.35 bits per heavy atom. The lowest BCUT2D eigenvalue weighted by atomic mass is 9.92. The Balaban J connectivity index is 3.04. The summed E-state index contributed by atoms with van der Waals surface area (Å²) in [6.45, 7) is 11.9. The van der Waals surface area contributed by atoms with Crippen molar-refractivity contribution in [3.05, 3.63) is 33.8 Å². The zero-order valence-corrected chi connectivity index (χ0v) is 12.4. The normalized spacial score (nSPS) is 13.1. The second-order valence-corrected chi connectivity index (χ2v) is 5.60. The summed E-state index contributed by atoms with van der Waals surface area (Å²) in [5, 5.41) is 4.44. The van der Waals surface area contributed by atoms with E-state index in [0.717, 1.165) is 18.0 Å². The van der Waals surface area contributed by atoms with E-state index in [1.165, 1.54) is 16.7 Å². The average Bonchev–Trinajstić information content (AvgIpc) is 2.22. The first-order chi connectivity index (χ1) is 7.95. The van der Waals surface area contributed by atoms with Gasteiger partial charge in [-0.1, -0.05) is 38.4 Å². The maximum absolute atomic E-state index is 6.15. The maximum atomic E-state index is 6.15. The number of rotatable bonds is 5. The number of benzene rings is 1. The van der Waals surface area contributed by atoms with Gasteiger partial charge in [-0.2, -0.15) is 0 Å². The topological polar surface area (TPSA) is 12.0 Å². The van der Waals surface area contributed by atoms with E-state index in [0.29, 0.717) is 12.0 Å². The minimum Gasteiger partial charge on any atom is -0.310 e. The van der Waals surface area contributed by atoms with Crippen molar-refractivity contribution in [2.24, 2.45) is 5.92 Å². The molecule has 0 heterocycles. The highest BCUT2D eigenvalue weighted by atomic mass is 35.5. The zero-order valence-electron chi connectivity index (χ0n) is 11.6. The van der Waals surface area contributed by atoms with Crippen LogP contribution >= 0.6 is 11.6 Å². The van der Waals surface area contributed by atoms with E-state index in [4.69, 9.17) is 11.6 Å². The first-order valence-electron chi connectivity index (χ1n) is 6.45. The van der Waals surface area contributed by atoms with Crippen molar-refractivity contribution in [1.82, 2.24) is 5.32 Å². The minimum atomic E-state index is 0.441. The van der Waals surface area contributed by atoms with E-state index in [9.17, 15) is 0 Å². The van der Waals surface area contributed by atoms with E-state index in [-0.39, 0.29) is 0 Å². The average molecular weight is 254 g/mol. The molecule has 0 bridgehead atoms. The number of nitrogens with one attached hydrogen (secondary N) is 1. The predicted molar refractivity (Wildman–Crippen MR) is 76.8 cm³/mol. The van der Waals surface area contributed by atoms with Crippen molar-refractivity contribution in [2.45, 2.75) is 47.1 Å². The molecular formula is C15H24ClN. The van der Waals surface area contributed by atoms with Crippen molar-refractivity contribution in [3.63, 3.8) is 0 Å². The van der Waals surface area contributed by atoms with Crippen LogP contribution in [0.4, 0.5) is 0 Å². The molecule has 0 fully saturated rings. The molecule has 96 valence electrons. The van der Waals surface area contributed by atoms with E-state index >= 15 is 0 Å². The molecular weight excluding hydrogens is 230 g/mol. The fourth-order valence-corrected chi connectivity index (χ4v) is 2.43. The Morgan fingerprint density at radius 1 is 1.18 bits per heavy atom. The van der Waals surface area contributed by atoms with Crippen LogP contribution in [0.15, 0.2) is 12.1 Å². The van der Waals surface area contributed by atoms with E-state index in [1.807, 2.05) is 0 Å². The Kier molecular flexibility index (Phi) is 5.48. The fourth-order valence-electron chi connectivity index (χ4n) is 2.22. The smallest absolute Gasteiger partial charge is 0.0438 e. The number of hydrogen-bond acceptors (Lipinski definition) is 1. The van der Waals surface area contributed by atoms with Crippen LogP contribution in [0.25, 0.3) is 0 Å². The zero-order chi connectivity index (χ0) is 13.0. The molecule has 0 aliphatic heterocycles. The van der Waals surface area contributed by atoms with Gasteiger partial charge in [-0.05, 0) is 55.5 Å². The van der Waals surface area contributed by atoms with Gasteiger partial charge in [-0.25, -0.2) is 0 Å². The lowest BCUT2D eigenvalue weighted by molar-refractivity contribution is 0.437. The monoisotopic (exact) mass is 253 g/mol. The Hall–Kier alpha value is -0.530. The van der Waals surface area contributed by atoms with E-state index in [2.05, 4.69) is 52.1 Å². The molecule has 1 unspecified atom stereocenters. The van der Waals surface area contributed by atoms with Crippen LogP contribution in [0.3, 0.4) is 0 Å². The summed E-state index contributed by atoms with van der Waals surface area (Å²) >= 11 is 6.15. The van der Waals surface area contributed by atoms with E-state index < -0.39 is 0 Å². The van der Waals surface area contributed by atoms with Crippen molar-refractivity contribution in [1.29, 1.82) is 0 Å². The van der Waals surface area contributed by atoms with Crippen LogP contribution < -0.4 is 5.32 Å².